The summed E-state index contributed by atoms with van der Waals surface area (Å²) < 4.78 is 19.2. The highest BCUT2D eigenvalue weighted by Crippen LogP contribution is 2.35. The molecule has 0 saturated carbocycles. The number of fused-ring (bicyclic) bond motifs is 2. The molecule has 5 aliphatic rings. The highest BCUT2D eigenvalue weighted by atomic mass is 19.1. The number of aromatic nitrogens is 3. The van der Waals surface area contributed by atoms with Crippen LogP contribution in [-0.4, -0.2) is 118 Å². The van der Waals surface area contributed by atoms with Crippen molar-refractivity contribution in [2.75, 3.05) is 81.0 Å². The van der Waals surface area contributed by atoms with Crippen LogP contribution in [0.15, 0.2) is 77.9 Å². The van der Waals surface area contributed by atoms with Gasteiger partial charge in [0, 0.05) is 118 Å². The number of piperazine rings is 1. The Morgan fingerprint density at radius 3 is 2.37 bits per heavy atom. The van der Waals surface area contributed by atoms with E-state index in [0.717, 1.165) is 131 Å². The summed E-state index contributed by atoms with van der Waals surface area (Å²) in [5.41, 5.74) is 7.86. The third-order valence-electron chi connectivity index (χ3n) is 14.9. The molecule has 2 aromatic carbocycles. The van der Waals surface area contributed by atoms with Gasteiger partial charge in [-0.3, -0.25) is 38.9 Å². The van der Waals surface area contributed by atoms with Gasteiger partial charge >= 0.3 is 0 Å². The van der Waals surface area contributed by atoms with E-state index in [2.05, 4.69) is 67.4 Å². The number of carbonyl (C=O) groups is 3. The summed E-state index contributed by atoms with van der Waals surface area (Å²) in [5, 5.41) is 9.68. The molecule has 4 saturated heterocycles. The molecule has 0 spiro atoms. The lowest BCUT2D eigenvalue weighted by molar-refractivity contribution is -0.133. The first-order valence-corrected chi connectivity index (χ1v) is 23.5. The summed E-state index contributed by atoms with van der Waals surface area (Å²) in [6.45, 7) is 10.6. The Morgan fingerprint density at radius 1 is 0.862 bits per heavy atom. The number of amides is 3. The Labute approximate surface area is 378 Å². The first-order valence-electron chi connectivity index (χ1n) is 23.5. The Bertz CT molecular complexity index is 2660. The molecule has 3 aromatic heterocycles. The van der Waals surface area contributed by atoms with E-state index in [1.807, 2.05) is 35.4 Å². The number of benzene rings is 2. The molecule has 10 rings (SSSR count). The fraction of sp³-hybridized carbons (Fsp3) is 0.460. The molecule has 5 aliphatic heterocycles. The van der Waals surface area contributed by atoms with Crippen molar-refractivity contribution in [2.24, 2.45) is 13.0 Å². The Balaban J connectivity index is 0.676. The van der Waals surface area contributed by atoms with Crippen LogP contribution in [0.1, 0.15) is 84.6 Å². The number of carbonyl (C=O) groups excluding carboxylic acids is 3. The Morgan fingerprint density at radius 2 is 1.63 bits per heavy atom. The van der Waals surface area contributed by atoms with Gasteiger partial charge in [-0.1, -0.05) is 12.1 Å². The number of rotatable bonds is 10. The summed E-state index contributed by atoms with van der Waals surface area (Å²) in [6, 6.07) is 19.1. The van der Waals surface area contributed by atoms with E-state index >= 15 is 4.39 Å². The third-order valence-corrected chi connectivity index (χ3v) is 14.9. The molecule has 3 amide bonds. The Hall–Kier alpha value is -6.06. The highest BCUT2D eigenvalue weighted by Gasteiger charge is 2.31. The van der Waals surface area contributed by atoms with E-state index in [0.29, 0.717) is 29.6 Å². The number of pyridine rings is 2. The van der Waals surface area contributed by atoms with Gasteiger partial charge in [0.05, 0.1) is 11.4 Å². The minimum Gasteiger partial charge on any atom is -0.384 e. The van der Waals surface area contributed by atoms with Crippen LogP contribution in [0.5, 0.6) is 0 Å². The molecule has 2 atom stereocenters. The lowest BCUT2D eigenvalue weighted by atomic mass is 9.88. The smallest absolute Gasteiger partial charge is 0.260 e. The van der Waals surface area contributed by atoms with E-state index in [4.69, 9.17) is 4.98 Å². The average Bonchev–Trinajstić information content (AvgIpc) is 3.96. The van der Waals surface area contributed by atoms with Gasteiger partial charge in [0.15, 0.2) is 0 Å². The van der Waals surface area contributed by atoms with E-state index < -0.39 is 6.04 Å². The molecule has 0 unspecified atom stereocenters. The van der Waals surface area contributed by atoms with E-state index in [1.54, 1.807) is 22.9 Å². The summed E-state index contributed by atoms with van der Waals surface area (Å²) >= 11 is 0. The summed E-state index contributed by atoms with van der Waals surface area (Å²) in [4.78, 5) is 64.5. The first-order chi connectivity index (χ1) is 31.6. The van der Waals surface area contributed by atoms with Crippen LogP contribution in [0.2, 0.25) is 0 Å². The lowest BCUT2D eigenvalue weighted by Gasteiger charge is -2.39. The second kappa shape index (κ2) is 18.1. The third kappa shape index (κ3) is 8.63. The number of imide groups is 1. The predicted molar refractivity (Wildman–Crippen MR) is 250 cm³/mol. The van der Waals surface area contributed by atoms with Gasteiger partial charge in [-0.25, -0.2) is 9.37 Å². The number of nitrogens with zero attached hydrogens (tertiary/aromatic N) is 7. The van der Waals surface area contributed by atoms with E-state index in [-0.39, 0.29) is 41.6 Å². The van der Waals surface area contributed by atoms with Gasteiger partial charge in [0.25, 0.3) is 11.5 Å². The zero-order valence-corrected chi connectivity index (χ0v) is 37.4. The van der Waals surface area contributed by atoms with Crippen LogP contribution >= 0.6 is 0 Å². The molecule has 15 heteroatoms. The second-order valence-electron chi connectivity index (χ2n) is 18.7. The van der Waals surface area contributed by atoms with Crippen molar-refractivity contribution in [1.29, 1.82) is 0 Å². The maximum absolute atomic E-state index is 15.3. The molecule has 0 radical (unpaired) electrons. The predicted octanol–water partition coefficient (Wildman–Crippen LogP) is 5.66. The number of hydrogen-bond donors (Lipinski definition) is 3. The zero-order chi connectivity index (χ0) is 44.8. The summed E-state index contributed by atoms with van der Waals surface area (Å²) in [6.07, 6.45) is 9.09. The van der Waals surface area contributed by atoms with Gasteiger partial charge in [-0.2, -0.15) is 0 Å². The van der Waals surface area contributed by atoms with Crippen molar-refractivity contribution >= 4 is 45.8 Å². The first kappa shape index (κ1) is 42.9. The van der Waals surface area contributed by atoms with Crippen molar-refractivity contribution < 1.29 is 18.8 Å². The fourth-order valence-corrected chi connectivity index (χ4v) is 11.0. The topological polar surface area (TPSA) is 140 Å². The van der Waals surface area contributed by atoms with Gasteiger partial charge in [-0.05, 0) is 124 Å². The number of halogens is 1. The minimum atomic E-state index is -0.553. The number of piperidine rings is 3. The van der Waals surface area contributed by atoms with Gasteiger partial charge < -0.3 is 25.0 Å². The molecule has 0 bridgehead atoms. The number of aryl methyl sites for hydroxylation is 1. The molecule has 14 nitrogen and oxygen atoms in total. The van der Waals surface area contributed by atoms with Crippen molar-refractivity contribution in [3.63, 3.8) is 0 Å². The fourth-order valence-electron chi connectivity index (χ4n) is 11.0. The van der Waals surface area contributed by atoms with Crippen LogP contribution in [0.25, 0.3) is 16.7 Å². The molecular formula is C50H59FN10O4. The Kier molecular flexibility index (Phi) is 11.9. The van der Waals surface area contributed by atoms with Crippen LogP contribution in [-0.2, 0) is 23.1 Å². The molecule has 4 fully saturated rings. The maximum atomic E-state index is 15.3. The molecule has 5 aromatic rings. The largest absolute Gasteiger partial charge is 0.384 e. The van der Waals surface area contributed by atoms with Crippen LogP contribution in [0.4, 0.5) is 21.5 Å². The molecule has 0 aliphatic carbocycles. The number of likely N-dealkylation sites (tertiary alicyclic amines) is 2. The van der Waals surface area contributed by atoms with E-state index in [9.17, 15) is 19.2 Å². The zero-order valence-electron chi connectivity index (χ0n) is 37.4. The summed E-state index contributed by atoms with van der Waals surface area (Å²) in [5.74, 6) is 0.0845. The van der Waals surface area contributed by atoms with Crippen molar-refractivity contribution in [3.8, 4) is 5.69 Å². The highest BCUT2D eigenvalue weighted by molar-refractivity contribution is 6.01. The van der Waals surface area contributed by atoms with Gasteiger partial charge in [0.1, 0.15) is 17.5 Å². The molecule has 3 N–H and O–H groups in total. The SMILES string of the molecule is C[C@@H](c1cc2c(-n3ccc4c(c3=O)CCN4)ccnc2n1C)N1CCC(c2ccc(C(=O)N3CCC(CN4CCN(c5ccc(N[C@@H]6CCC(=O)NC6=O)cc5F)CC4)CC3)cc2)CC1. The van der Waals surface area contributed by atoms with Crippen LogP contribution < -0.4 is 26.4 Å². The average molecular weight is 883 g/mol. The number of anilines is 3. The number of hydrogen-bond acceptors (Lipinski definition) is 10. The molecule has 340 valence electrons. The van der Waals surface area contributed by atoms with Crippen molar-refractivity contribution in [2.45, 2.75) is 69.9 Å². The van der Waals surface area contributed by atoms with E-state index in [1.165, 1.54) is 17.3 Å². The molecule has 65 heavy (non-hydrogen) atoms. The summed E-state index contributed by atoms with van der Waals surface area (Å²) in [7, 11) is 2.07. The standard InChI is InChI=1S/C50H59FN10O4/c1-32(45-30-39-43(12-19-53-47(39)56(45)2)61-24-17-41-38(50(61)65)11-18-52-41)58-22-15-35(16-23-58)34-3-5-36(6-4-34)49(64)60-20-13-33(14-21-60)31-57-25-27-59(28-26-57)44-9-7-37(29-40(44)51)54-42-8-10-46(62)55-48(42)63/h3-7,9,12,17,19,24,29-30,32-33,35,42,52,54H,8,10-11,13-16,18,20-23,25-28,31H2,1-2H3,(H,55,62,63)/t32-,42+/m0/s1. The van der Waals surface area contributed by atoms with Crippen molar-refractivity contribution in [1.82, 2.24) is 34.1 Å². The quantitative estimate of drug-likeness (QED) is 0.151. The van der Waals surface area contributed by atoms with Crippen molar-refractivity contribution in [3.05, 3.63) is 112 Å². The number of nitrogens with one attached hydrogen (secondary N) is 3. The normalized spacial score (nSPS) is 20.8. The maximum Gasteiger partial charge on any atom is 0.260 e. The molecule has 8 heterocycles. The second-order valence-corrected chi connectivity index (χ2v) is 18.7. The molecular weight excluding hydrogens is 824 g/mol. The van der Waals surface area contributed by atoms with Crippen LogP contribution in [0.3, 0.4) is 0 Å². The monoisotopic (exact) mass is 882 g/mol. The lowest BCUT2D eigenvalue weighted by Crippen LogP contribution is -2.49. The van der Waals surface area contributed by atoms with Gasteiger partial charge in [-0.15, -0.1) is 0 Å². The van der Waals surface area contributed by atoms with Gasteiger partial charge in [0.2, 0.25) is 11.8 Å². The minimum absolute atomic E-state index is 0.0315. The van der Waals surface area contributed by atoms with Crippen LogP contribution in [0, 0.1) is 11.7 Å².